The zero-order chi connectivity index (χ0) is 21.8. The van der Waals surface area contributed by atoms with Gasteiger partial charge in [-0.25, -0.2) is 4.79 Å². The normalized spacial score (nSPS) is 16.4. The van der Waals surface area contributed by atoms with Crippen LogP contribution in [0.25, 0.3) is 11.6 Å². The molecule has 31 heavy (non-hydrogen) atoms. The number of methoxy groups -OCH3 is 1. The third-order valence-electron chi connectivity index (χ3n) is 5.94. The molecule has 3 nitrogen and oxygen atoms in total. The molecule has 0 aromatic heterocycles. The largest absolute Gasteiger partial charge is 0.465 e. The van der Waals surface area contributed by atoms with Crippen molar-refractivity contribution in [3.63, 3.8) is 0 Å². The van der Waals surface area contributed by atoms with E-state index in [0.29, 0.717) is 12.0 Å². The van der Waals surface area contributed by atoms with Gasteiger partial charge in [0.05, 0.1) is 19.3 Å². The molecule has 0 unspecified atom stereocenters. The maximum absolute atomic E-state index is 12.3. The standard InChI is InChI=1S/C26H27BrFNO2/c1-31-26(30)22-10-11-23-21(15-22)4-2-5-24(27)25(23)20-8-6-18(7-9-20)14-19-16-29(17-19)13-3-12-28/h6-11,14-15H,2-5,12-13,16-17H2,1H3. The van der Waals surface area contributed by atoms with Crippen molar-refractivity contribution >= 4 is 33.5 Å². The molecule has 0 amide bonds. The van der Waals surface area contributed by atoms with E-state index in [1.165, 1.54) is 45.0 Å². The molecule has 0 bridgehead atoms. The van der Waals surface area contributed by atoms with Gasteiger partial charge in [0.25, 0.3) is 0 Å². The van der Waals surface area contributed by atoms with Gasteiger partial charge in [-0.1, -0.05) is 52.3 Å². The molecule has 0 saturated carbocycles. The number of ether oxygens (including phenoxy) is 1. The van der Waals surface area contributed by atoms with Crippen molar-refractivity contribution in [1.29, 1.82) is 0 Å². The number of halogens is 2. The first-order valence-electron chi connectivity index (χ1n) is 10.8. The van der Waals surface area contributed by atoms with Gasteiger partial charge in [-0.15, -0.1) is 0 Å². The van der Waals surface area contributed by atoms with E-state index in [1.807, 2.05) is 18.2 Å². The van der Waals surface area contributed by atoms with E-state index in [4.69, 9.17) is 4.74 Å². The second-order valence-corrected chi connectivity index (χ2v) is 9.13. The van der Waals surface area contributed by atoms with Crippen molar-refractivity contribution in [1.82, 2.24) is 4.90 Å². The van der Waals surface area contributed by atoms with E-state index in [-0.39, 0.29) is 12.6 Å². The van der Waals surface area contributed by atoms with Gasteiger partial charge in [0.2, 0.25) is 0 Å². The molecule has 1 heterocycles. The van der Waals surface area contributed by atoms with Gasteiger partial charge in [0.1, 0.15) is 0 Å². The van der Waals surface area contributed by atoms with E-state index in [9.17, 15) is 9.18 Å². The van der Waals surface area contributed by atoms with Crippen LogP contribution < -0.4 is 0 Å². The van der Waals surface area contributed by atoms with Crippen LogP contribution in [-0.2, 0) is 11.2 Å². The van der Waals surface area contributed by atoms with Gasteiger partial charge in [-0.2, -0.15) is 0 Å². The number of aryl methyl sites for hydroxylation is 1. The minimum atomic E-state index is -0.298. The molecule has 4 rings (SSSR count). The molecule has 162 valence electrons. The van der Waals surface area contributed by atoms with Gasteiger partial charge in [0, 0.05) is 24.1 Å². The van der Waals surface area contributed by atoms with Crippen molar-refractivity contribution in [2.75, 3.05) is 33.4 Å². The highest BCUT2D eigenvalue weighted by atomic mass is 79.9. The Balaban J connectivity index is 1.56. The van der Waals surface area contributed by atoms with Crippen LogP contribution in [0.15, 0.2) is 52.5 Å². The van der Waals surface area contributed by atoms with Crippen LogP contribution in [0.1, 0.15) is 51.9 Å². The lowest BCUT2D eigenvalue weighted by Crippen LogP contribution is -2.40. The van der Waals surface area contributed by atoms with Gasteiger partial charge in [0.15, 0.2) is 0 Å². The van der Waals surface area contributed by atoms with Crippen molar-refractivity contribution in [2.24, 2.45) is 0 Å². The van der Waals surface area contributed by atoms with Gasteiger partial charge in [-0.05, 0) is 71.2 Å². The summed E-state index contributed by atoms with van der Waals surface area (Å²) < 4.78 is 18.4. The fourth-order valence-corrected chi connectivity index (χ4v) is 5.07. The summed E-state index contributed by atoms with van der Waals surface area (Å²) in [5.74, 6) is -0.298. The summed E-state index contributed by atoms with van der Waals surface area (Å²) in [6.45, 7) is 2.48. The number of likely N-dealkylation sites (tertiary alicyclic amines) is 1. The molecule has 1 aliphatic heterocycles. The minimum Gasteiger partial charge on any atom is -0.465 e. The maximum Gasteiger partial charge on any atom is 0.337 e. The molecule has 1 aliphatic carbocycles. The summed E-state index contributed by atoms with van der Waals surface area (Å²) in [6.07, 6.45) is 5.79. The quantitative estimate of drug-likeness (QED) is 0.470. The second-order valence-electron chi connectivity index (χ2n) is 8.17. The Bertz CT molecular complexity index is 1020. The summed E-state index contributed by atoms with van der Waals surface area (Å²) in [6, 6.07) is 14.5. The van der Waals surface area contributed by atoms with Gasteiger partial charge < -0.3 is 4.74 Å². The molecule has 5 heteroatoms. The zero-order valence-electron chi connectivity index (χ0n) is 17.8. The molecule has 1 saturated heterocycles. The lowest BCUT2D eigenvalue weighted by molar-refractivity contribution is 0.0600. The van der Waals surface area contributed by atoms with Crippen LogP contribution in [0.4, 0.5) is 4.39 Å². The van der Waals surface area contributed by atoms with Crippen LogP contribution in [0.3, 0.4) is 0 Å². The average Bonchev–Trinajstić information content (AvgIpc) is 2.92. The lowest BCUT2D eigenvalue weighted by atomic mass is 9.92. The monoisotopic (exact) mass is 483 g/mol. The minimum absolute atomic E-state index is 0.241. The van der Waals surface area contributed by atoms with E-state index in [0.717, 1.165) is 38.9 Å². The van der Waals surface area contributed by atoms with Gasteiger partial charge >= 0.3 is 5.97 Å². The van der Waals surface area contributed by atoms with E-state index >= 15 is 0 Å². The highest BCUT2D eigenvalue weighted by molar-refractivity contribution is 9.11. The number of hydrogen-bond donors (Lipinski definition) is 0. The maximum atomic E-state index is 12.3. The first kappa shape index (κ1) is 22.0. The van der Waals surface area contributed by atoms with Crippen molar-refractivity contribution in [3.05, 3.63) is 80.3 Å². The molecule has 0 N–H and O–H groups in total. The molecule has 0 atom stereocenters. The molecule has 0 radical (unpaired) electrons. The molecule has 0 spiro atoms. The number of esters is 1. The number of alkyl halides is 1. The fourth-order valence-electron chi connectivity index (χ4n) is 4.35. The first-order valence-corrected chi connectivity index (χ1v) is 11.6. The van der Waals surface area contributed by atoms with Crippen LogP contribution >= 0.6 is 15.9 Å². The number of hydrogen-bond acceptors (Lipinski definition) is 3. The highest BCUT2D eigenvalue weighted by Crippen LogP contribution is 2.38. The van der Waals surface area contributed by atoms with Crippen LogP contribution in [0, 0.1) is 0 Å². The summed E-state index contributed by atoms with van der Waals surface area (Å²) in [5.41, 5.74) is 7.90. The number of rotatable bonds is 6. The Morgan fingerprint density at radius 1 is 1.16 bits per heavy atom. The smallest absolute Gasteiger partial charge is 0.337 e. The second kappa shape index (κ2) is 9.92. The van der Waals surface area contributed by atoms with Crippen molar-refractivity contribution in [2.45, 2.75) is 25.7 Å². The third kappa shape index (κ3) is 4.99. The fraction of sp³-hybridized carbons (Fsp3) is 0.346. The number of allylic oxidation sites excluding steroid dienone is 1. The highest BCUT2D eigenvalue weighted by Gasteiger charge is 2.21. The summed E-state index contributed by atoms with van der Waals surface area (Å²) >= 11 is 3.82. The summed E-state index contributed by atoms with van der Waals surface area (Å²) in [4.78, 5) is 14.2. The number of carbonyl (C=O) groups excluding carboxylic acids is 1. The number of fused-ring (bicyclic) bond motifs is 1. The molecule has 2 aromatic rings. The summed E-state index contributed by atoms with van der Waals surface area (Å²) in [5, 5.41) is 0. The van der Waals surface area contributed by atoms with E-state index < -0.39 is 0 Å². The third-order valence-corrected chi connectivity index (χ3v) is 6.73. The molecule has 2 aromatic carbocycles. The zero-order valence-corrected chi connectivity index (χ0v) is 19.4. The molecule has 1 fully saturated rings. The molecular weight excluding hydrogens is 457 g/mol. The number of benzene rings is 2. The predicted molar refractivity (Wildman–Crippen MR) is 127 cm³/mol. The van der Waals surface area contributed by atoms with Gasteiger partial charge in [-0.3, -0.25) is 9.29 Å². The Labute approximate surface area is 191 Å². The average molecular weight is 484 g/mol. The predicted octanol–water partition coefficient (Wildman–Crippen LogP) is 6.02. The van der Waals surface area contributed by atoms with Crippen molar-refractivity contribution < 1.29 is 13.9 Å². The van der Waals surface area contributed by atoms with E-state index in [1.54, 1.807) is 0 Å². The van der Waals surface area contributed by atoms with Crippen molar-refractivity contribution in [3.8, 4) is 0 Å². The molecular formula is C26H27BrFNO2. The Hall–Kier alpha value is -2.24. The van der Waals surface area contributed by atoms with Crippen LogP contribution in [0.2, 0.25) is 0 Å². The van der Waals surface area contributed by atoms with E-state index in [2.05, 4.69) is 51.2 Å². The van der Waals surface area contributed by atoms with Crippen LogP contribution in [0.5, 0.6) is 0 Å². The lowest BCUT2D eigenvalue weighted by Gasteiger charge is -2.33. The number of carbonyl (C=O) groups is 1. The van der Waals surface area contributed by atoms with Crippen LogP contribution in [-0.4, -0.2) is 44.3 Å². The number of nitrogens with zero attached hydrogens (tertiary/aromatic N) is 1. The Kier molecular flexibility index (Phi) is 7.03. The summed E-state index contributed by atoms with van der Waals surface area (Å²) in [7, 11) is 1.41. The topological polar surface area (TPSA) is 29.5 Å². The molecule has 2 aliphatic rings. The Morgan fingerprint density at radius 2 is 1.94 bits per heavy atom. The SMILES string of the molecule is COC(=O)c1ccc2c(c1)CCCC(Br)=C2c1ccc(C=C2CN(CCCF)C2)cc1. The Morgan fingerprint density at radius 3 is 2.65 bits per heavy atom. The first-order chi connectivity index (χ1) is 15.1.